The van der Waals surface area contributed by atoms with Crippen molar-refractivity contribution in [1.29, 1.82) is 0 Å². The average Bonchev–Trinajstić information content (AvgIpc) is 2.44. The van der Waals surface area contributed by atoms with Crippen LogP contribution in [0.5, 0.6) is 5.88 Å². The highest BCUT2D eigenvalue weighted by Gasteiger charge is 2.10. The van der Waals surface area contributed by atoms with Crippen molar-refractivity contribution in [2.24, 2.45) is 0 Å². The van der Waals surface area contributed by atoms with Crippen molar-refractivity contribution in [3.8, 4) is 5.88 Å². The smallest absolute Gasteiger partial charge is 0.256 e. The predicted octanol–water partition coefficient (Wildman–Crippen LogP) is 2.62. The maximum absolute atomic E-state index is 12.2. The van der Waals surface area contributed by atoms with Crippen LogP contribution in [0.15, 0.2) is 36.5 Å². The van der Waals surface area contributed by atoms with E-state index in [2.05, 4.69) is 10.3 Å². The molecule has 20 heavy (non-hydrogen) atoms. The van der Waals surface area contributed by atoms with Gasteiger partial charge in [-0.25, -0.2) is 4.98 Å². The molecular weight excluding hydrogens is 254 g/mol. The van der Waals surface area contributed by atoms with Crippen LogP contribution in [0.4, 0.5) is 11.4 Å². The van der Waals surface area contributed by atoms with E-state index >= 15 is 0 Å². The van der Waals surface area contributed by atoms with Crippen LogP contribution in [0.1, 0.15) is 22.8 Å². The molecule has 0 aliphatic rings. The van der Waals surface area contributed by atoms with Gasteiger partial charge >= 0.3 is 0 Å². The van der Waals surface area contributed by atoms with Crippen LogP contribution in [0, 0.1) is 6.92 Å². The Balaban J connectivity index is 2.13. The molecule has 5 nitrogen and oxygen atoms in total. The molecule has 0 radical (unpaired) electrons. The molecule has 0 aliphatic heterocycles. The lowest BCUT2D eigenvalue weighted by Crippen LogP contribution is -2.14. The largest absolute Gasteiger partial charge is 0.478 e. The van der Waals surface area contributed by atoms with Crippen LogP contribution in [0.25, 0.3) is 0 Å². The van der Waals surface area contributed by atoms with E-state index in [1.165, 1.54) is 0 Å². The Morgan fingerprint density at radius 1 is 1.35 bits per heavy atom. The Bertz CT molecular complexity index is 609. The van der Waals surface area contributed by atoms with Gasteiger partial charge in [0.2, 0.25) is 5.88 Å². The third-order valence-electron chi connectivity index (χ3n) is 2.79. The van der Waals surface area contributed by atoms with Crippen LogP contribution in [-0.2, 0) is 0 Å². The zero-order chi connectivity index (χ0) is 14.5. The number of hydrogen-bond donors (Lipinski definition) is 2. The molecule has 1 heterocycles. The first-order valence-electron chi connectivity index (χ1n) is 6.36. The first kappa shape index (κ1) is 13.9. The van der Waals surface area contributed by atoms with Gasteiger partial charge in [0.25, 0.3) is 5.91 Å². The van der Waals surface area contributed by atoms with E-state index in [0.29, 0.717) is 29.4 Å². The Morgan fingerprint density at radius 3 is 2.80 bits per heavy atom. The van der Waals surface area contributed by atoms with E-state index in [0.717, 1.165) is 5.56 Å². The number of nitrogens with zero attached hydrogens (tertiary/aromatic N) is 1. The van der Waals surface area contributed by atoms with Crippen LogP contribution < -0.4 is 15.8 Å². The summed E-state index contributed by atoms with van der Waals surface area (Å²) >= 11 is 0. The van der Waals surface area contributed by atoms with Crippen molar-refractivity contribution in [3.05, 3.63) is 47.7 Å². The average molecular weight is 271 g/mol. The zero-order valence-electron chi connectivity index (χ0n) is 11.5. The molecule has 0 aliphatic carbocycles. The number of nitrogen functional groups attached to an aromatic ring is 1. The Kier molecular flexibility index (Phi) is 4.20. The van der Waals surface area contributed by atoms with Crippen LogP contribution >= 0.6 is 0 Å². The summed E-state index contributed by atoms with van der Waals surface area (Å²) in [7, 11) is 0. The summed E-state index contributed by atoms with van der Waals surface area (Å²) in [6.07, 6.45) is 1.56. The lowest BCUT2D eigenvalue weighted by Gasteiger charge is -2.09. The molecule has 1 aromatic carbocycles. The van der Waals surface area contributed by atoms with Crippen molar-refractivity contribution in [2.45, 2.75) is 13.8 Å². The molecule has 0 unspecified atom stereocenters. The minimum Gasteiger partial charge on any atom is -0.478 e. The number of carbonyl (C=O) groups excluding carboxylic acids is 1. The molecule has 2 aromatic rings. The maximum Gasteiger partial charge on any atom is 0.256 e. The summed E-state index contributed by atoms with van der Waals surface area (Å²) in [6, 6.07) is 8.71. The van der Waals surface area contributed by atoms with Crippen molar-refractivity contribution in [1.82, 2.24) is 4.98 Å². The first-order chi connectivity index (χ1) is 9.60. The molecule has 0 spiro atoms. The van der Waals surface area contributed by atoms with Crippen LogP contribution in [0.3, 0.4) is 0 Å². The first-order valence-corrected chi connectivity index (χ1v) is 6.36. The van der Waals surface area contributed by atoms with E-state index in [9.17, 15) is 4.79 Å². The van der Waals surface area contributed by atoms with Crippen molar-refractivity contribution in [2.75, 3.05) is 17.7 Å². The summed E-state index contributed by atoms with van der Waals surface area (Å²) in [4.78, 5) is 16.3. The summed E-state index contributed by atoms with van der Waals surface area (Å²) in [5.74, 6) is 0.325. The fourth-order valence-electron chi connectivity index (χ4n) is 1.77. The van der Waals surface area contributed by atoms with Crippen LogP contribution in [-0.4, -0.2) is 17.5 Å². The number of nitrogens with two attached hydrogens (primary N) is 1. The minimum atomic E-state index is -0.208. The van der Waals surface area contributed by atoms with E-state index in [1.807, 2.05) is 19.9 Å². The number of aryl methyl sites for hydroxylation is 1. The number of pyridine rings is 1. The predicted molar refractivity (Wildman–Crippen MR) is 79.0 cm³/mol. The zero-order valence-corrected chi connectivity index (χ0v) is 11.5. The fourth-order valence-corrected chi connectivity index (χ4v) is 1.77. The molecule has 0 fully saturated rings. The molecule has 0 saturated carbocycles. The number of amides is 1. The van der Waals surface area contributed by atoms with Gasteiger partial charge in [-0.15, -0.1) is 0 Å². The summed E-state index contributed by atoms with van der Waals surface area (Å²) in [5.41, 5.74) is 8.30. The number of hydrogen-bond acceptors (Lipinski definition) is 4. The Hall–Kier alpha value is -2.56. The van der Waals surface area contributed by atoms with E-state index < -0.39 is 0 Å². The highest BCUT2D eigenvalue weighted by Crippen LogP contribution is 2.16. The van der Waals surface area contributed by atoms with E-state index in [-0.39, 0.29) is 5.91 Å². The van der Waals surface area contributed by atoms with Gasteiger partial charge in [-0.2, -0.15) is 0 Å². The molecule has 1 amide bonds. The highest BCUT2D eigenvalue weighted by atomic mass is 16.5. The number of nitrogens with one attached hydrogen (secondary N) is 1. The van der Waals surface area contributed by atoms with Gasteiger partial charge in [-0.1, -0.05) is 6.07 Å². The molecule has 0 bridgehead atoms. The molecule has 3 N–H and O–H groups in total. The van der Waals surface area contributed by atoms with Gasteiger partial charge in [0.1, 0.15) is 0 Å². The molecule has 0 saturated heterocycles. The van der Waals surface area contributed by atoms with Gasteiger partial charge < -0.3 is 15.8 Å². The lowest BCUT2D eigenvalue weighted by atomic mass is 10.1. The lowest BCUT2D eigenvalue weighted by molar-refractivity contribution is 0.102. The third kappa shape index (κ3) is 3.26. The van der Waals surface area contributed by atoms with Gasteiger partial charge in [0.05, 0.1) is 18.5 Å². The number of aromatic nitrogens is 1. The van der Waals surface area contributed by atoms with E-state index in [1.54, 1.807) is 30.5 Å². The van der Waals surface area contributed by atoms with Gasteiger partial charge in [-0.05, 0) is 37.6 Å². The Labute approximate surface area is 117 Å². The van der Waals surface area contributed by atoms with Gasteiger partial charge in [0, 0.05) is 17.3 Å². The molecule has 1 aromatic heterocycles. The second-order valence-corrected chi connectivity index (χ2v) is 4.35. The second kappa shape index (κ2) is 6.06. The standard InChI is InChI=1S/C15H17N3O2/c1-3-20-14-7-6-12(9-17-14)18-15(19)13-8-11(16)5-4-10(13)2/h4-9H,3,16H2,1-2H3,(H,18,19). The number of anilines is 2. The van der Waals surface area contributed by atoms with Gasteiger partial charge in [0.15, 0.2) is 0 Å². The normalized spacial score (nSPS) is 10.1. The Morgan fingerprint density at radius 2 is 2.15 bits per heavy atom. The quantitative estimate of drug-likeness (QED) is 0.838. The van der Waals surface area contributed by atoms with E-state index in [4.69, 9.17) is 10.5 Å². The highest BCUT2D eigenvalue weighted by molar-refractivity contribution is 6.05. The van der Waals surface area contributed by atoms with Crippen molar-refractivity contribution < 1.29 is 9.53 Å². The third-order valence-corrected chi connectivity index (χ3v) is 2.79. The minimum absolute atomic E-state index is 0.208. The topological polar surface area (TPSA) is 77.2 Å². The van der Waals surface area contributed by atoms with Crippen molar-refractivity contribution >= 4 is 17.3 Å². The summed E-state index contributed by atoms with van der Waals surface area (Å²) < 4.78 is 5.24. The molecular formula is C15H17N3O2. The molecule has 104 valence electrons. The maximum atomic E-state index is 12.2. The molecule has 5 heteroatoms. The molecule has 0 atom stereocenters. The number of rotatable bonds is 4. The number of ether oxygens (including phenoxy) is 1. The summed E-state index contributed by atoms with van der Waals surface area (Å²) in [6.45, 7) is 4.31. The number of benzene rings is 1. The van der Waals surface area contributed by atoms with Crippen molar-refractivity contribution in [3.63, 3.8) is 0 Å². The van der Waals surface area contributed by atoms with Crippen LogP contribution in [0.2, 0.25) is 0 Å². The second-order valence-electron chi connectivity index (χ2n) is 4.35. The molecule has 2 rings (SSSR count). The SMILES string of the molecule is CCOc1ccc(NC(=O)c2cc(N)ccc2C)cn1. The van der Waals surface area contributed by atoms with Gasteiger partial charge in [-0.3, -0.25) is 4.79 Å². The fraction of sp³-hybridized carbons (Fsp3) is 0.200. The summed E-state index contributed by atoms with van der Waals surface area (Å²) in [5, 5.41) is 2.78. The number of carbonyl (C=O) groups is 1. The monoisotopic (exact) mass is 271 g/mol.